The Morgan fingerprint density at radius 2 is 1.93 bits per heavy atom. The van der Waals surface area contributed by atoms with Crippen LogP contribution in [0.5, 0.6) is 0 Å². The molecule has 1 aliphatic heterocycles. The van der Waals surface area contributed by atoms with Gasteiger partial charge in [-0.1, -0.05) is 17.7 Å². The van der Waals surface area contributed by atoms with E-state index in [-0.39, 0.29) is 10.8 Å². The number of halogens is 2. The first-order chi connectivity index (χ1) is 7.18. The van der Waals surface area contributed by atoms with Gasteiger partial charge in [0.05, 0.1) is 10.7 Å². The highest BCUT2D eigenvalue weighted by Gasteiger charge is 2.19. The molecule has 15 heavy (non-hydrogen) atoms. The zero-order valence-electron chi connectivity index (χ0n) is 8.17. The van der Waals surface area contributed by atoms with Gasteiger partial charge in [-0.05, 0) is 12.1 Å². The molecule has 80 valence electrons. The average molecular weight is 228 g/mol. The second-order valence-corrected chi connectivity index (χ2v) is 3.98. The number of rotatable bonds is 1. The van der Waals surface area contributed by atoms with E-state index in [1.165, 1.54) is 6.07 Å². The Labute approximate surface area is 92.6 Å². The van der Waals surface area contributed by atoms with Crippen LogP contribution in [0.1, 0.15) is 12.8 Å². The number of piperidine rings is 1. The molecular formula is C11H11ClFNO. The van der Waals surface area contributed by atoms with Crippen LogP contribution in [0, 0.1) is 5.82 Å². The third kappa shape index (κ3) is 2.12. The minimum Gasteiger partial charge on any atom is -0.369 e. The van der Waals surface area contributed by atoms with E-state index in [0.29, 0.717) is 31.6 Å². The van der Waals surface area contributed by atoms with Gasteiger partial charge in [0.15, 0.2) is 0 Å². The van der Waals surface area contributed by atoms with Crippen molar-refractivity contribution in [3.8, 4) is 0 Å². The SMILES string of the molecule is O=C1CCN(c2cccc(F)c2Cl)CC1. The molecule has 1 fully saturated rings. The van der Waals surface area contributed by atoms with E-state index in [2.05, 4.69) is 0 Å². The number of hydrogen-bond donors (Lipinski definition) is 0. The summed E-state index contributed by atoms with van der Waals surface area (Å²) in [7, 11) is 0. The normalized spacial score (nSPS) is 16.9. The van der Waals surface area contributed by atoms with Crippen molar-refractivity contribution in [1.29, 1.82) is 0 Å². The summed E-state index contributed by atoms with van der Waals surface area (Å²) in [5.41, 5.74) is 0.684. The van der Waals surface area contributed by atoms with Crippen LogP contribution in [0.15, 0.2) is 18.2 Å². The summed E-state index contributed by atoms with van der Waals surface area (Å²) in [5, 5.41) is 0.145. The Bertz CT molecular complexity index is 384. The van der Waals surface area contributed by atoms with Gasteiger partial charge in [0, 0.05) is 25.9 Å². The molecule has 0 N–H and O–H groups in total. The maximum absolute atomic E-state index is 13.2. The Kier molecular flexibility index (Phi) is 2.91. The van der Waals surface area contributed by atoms with E-state index in [1.54, 1.807) is 12.1 Å². The molecule has 0 saturated carbocycles. The molecule has 4 heteroatoms. The van der Waals surface area contributed by atoms with Crippen LogP contribution in [0.3, 0.4) is 0 Å². The van der Waals surface area contributed by atoms with Gasteiger partial charge < -0.3 is 4.90 Å². The number of ketones is 1. The fourth-order valence-corrected chi connectivity index (χ4v) is 1.98. The summed E-state index contributed by atoms with van der Waals surface area (Å²) in [6.07, 6.45) is 1.04. The van der Waals surface area contributed by atoms with Crippen LogP contribution >= 0.6 is 11.6 Å². The molecule has 2 nitrogen and oxygen atoms in total. The number of nitrogens with zero attached hydrogens (tertiary/aromatic N) is 1. The predicted molar refractivity (Wildman–Crippen MR) is 57.9 cm³/mol. The first-order valence-electron chi connectivity index (χ1n) is 4.89. The second kappa shape index (κ2) is 4.19. The number of benzene rings is 1. The lowest BCUT2D eigenvalue weighted by Gasteiger charge is -2.28. The Morgan fingerprint density at radius 3 is 2.60 bits per heavy atom. The van der Waals surface area contributed by atoms with Gasteiger partial charge in [0.1, 0.15) is 11.6 Å². The highest BCUT2D eigenvalue weighted by molar-refractivity contribution is 6.33. The number of carbonyl (C=O) groups is 1. The van der Waals surface area contributed by atoms with Crippen molar-refractivity contribution in [1.82, 2.24) is 0 Å². The fourth-order valence-electron chi connectivity index (χ4n) is 1.73. The van der Waals surface area contributed by atoms with E-state index in [4.69, 9.17) is 11.6 Å². The summed E-state index contributed by atoms with van der Waals surface area (Å²) in [4.78, 5) is 13.0. The lowest BCUT2D eigenvalue weighted by Crippen LogP contribution is -2.33. The highest BCUT2D eigenvalue weighted by Crippen LogP contribution is 2.29. The van der Waals surface area contributed by atoms with Crippen LogP contribution in [0.25, 0.3) is 0 Å². The summed E-state index contributed by atoms with van der Waals surface area (Å²) < 4.78 is 13.2. The summed E-state index contributed by atoms with van der Waals surface area (Å²) in [6.45, 7) is 1.25. The van der Waals surface area contributed by atoms with Gasteiger partial charge in [-0.25, -0.2) is 4.39 Å². The zero-order chi connectivity index (χ0) is 10.8. The Morgan fingerprint density at radius 1 is 1.27 bits per heavy atom. The Balaban J connectivity index is 2.22. The number of hydrogen-bond acceptors (Lipinski definition) is 2. The van der Waals surface area contributed by atoms with E-state index in [0.717, 1.165) is 0 Å². The van der Waals surface area contributed by atoms with Crippen LogP contribution in [0.2, 0.25) is 5.02 Å². The quantitative estimate of drug-likeness (QED) is 0.735. The van der Waals surface area contributed by atoms with Gasteiger partial charge in [-0.2, -0.15) is 0 Å². The molecule has 0 aliphatic carbocycles. The van der Waals surface area contributed by atoms with Gasteiger partial charge in [-0.3, -0.25) is 4.79 Å². The van der Waals surface area contributed by atoms with Crippen molar-refractivity contribution in [3.63, 3.8) is 0 Å². The zero-order valence-corrected chi connectivity index (χ0v) is 8.93. The minimum atomic E-state index is -0.411. The highest BCUT2D eigenvalue weighted by atomic mass is 35.5. The smallest absolute Gasteiger partial charge is 0.143 e. The van der Waals surface area contributed by atoms with Crippen molar-refractivity contribution in [3.05, 3.63) is 29.0 Å². The molecule has 2 rings (SSSR count). The van der Waals surface area contributed by atoms with E-state index >= 15 is 0 Å². The molecule has 0 aromatic heterocycles. The Hall–Kier alpha value is -1.09. The molecule has 1 aromatic carbocycles. The first kappa shape index (κ1) is 10.4. The molecular weight excluding hydrogens is 217 g/mol. The maximum atomic E-state index is 13.2. The van der Waals surface area contributed by atoms with Crippen molar-refractivity contribution < 1.29 is 9.18 Å². The number of Topliss-reactive ketones (excluding diaryl/α,β-unsaturated/α-hetero) is 1. The molecule has 0 atom stereocenters. The van der Waals surface area contributed by atoms with Crippen molar-refractivity contribution in [2.24, 2.45) is 0 Å². The molecule has 1 heterocycles. The first-order valence-corrected chi connectivity index (χ1v) is 5.27. The molecule has 0 amide bonds. The number of carbonyl (C=O) groups excluding carboxylic acids is 1. The third-order valence-electron chi connectivity index (χ3n) is 2.59. The van der Waals surface area contributed by atoms with Gasteiger partial charge in [0.25, 0.3) is 0 Å². The summed E-state index contributed by atoms with van der Waals surface area (Å²) >= 11 is 5.86. The lowest BCUT2D eigenvalue weighted by molar-refractivity contribution is -0.119. The molecule has 1 aromatic rings. The number of anilines is 1. The fraction of sp³-hybridized carbons (Fsp3) is 0.364. The lowest BCUT2D eigenvalue weighted by atomic mass is 10.1. The molecule has 0 radical (unpaired) electrons. The van der Waals surface area contributed by atoms with Crippen LogP contribution in [-0.4, -0.2) is 18.9 Å². The van der Waals surface area contributed by atoms with Crippen molar-refractivity contribution in [2.45, 2.75) is 12.8 Å². The molecule has 1 saturated heterocycles. The molecule has 0 spiro atoms. The summed E-state index contributed by atoms with van der Waals surface area (Å²) in [5.74, 6) is -0.148. The topological polar surface area (TPSA) is 20.3 Å². The summed E-state index contributed by atoms with van der Waals surface area (Å²) in [6, 6.07) is 4.75. The third-order valence-corrected chi connectivity index (χ3v) is 2.97. The maximum Gasteiger partial charge on any atom is 0.143 e. The van der Waals surface area contributed by atoms with Crippen LogP contribution in [0.4, 0.5) is 10.1 Å². The predicted octanol–water partition coefficient (Wildman–Crippen LogP) is 2.65. The molecule has 0 bridgehead atoms. The molecule has 1 aliphatic rings. The van der Waals surface area contributed by atoms with E-state index in [1.807, 2.05) is 4.90 Å². The van der Waals surface area contributed by atoms with Crippen molar-refractivity contribution in [2.75, 3.05) is 18.0 Å². The van der Waals surface area contributed by atoms with Crippen molar-refractivity contribution >= 4 is 23.1 Å². The monoisotopic (exact) mass is 227 g/mol. The van der Waals surface area contributed by atoms with E-state index < -0.39 is 5.82 Å². The van der Waals surface area contributed by atoms with E-state index in [9.17, 15) is 9.18 Å². The van der Waals surface area contributed by atoms with Gasteiger partial charge >= 0.3 is 0 Å². The minimum absolute atomic E-state index is 0.145. The largest absolute Gasteiger partial charge is 0.369 e. The van der Waals surface area contributed by atoms with Gasteiger partial charge in [0.2, 0.25) is 0 Å². The standard InChI is InChI=1S/C11H11ClFNO/c12-11-9(13)2-1-3-10(11)14-6-4-8(15)5-7-14/h1-3H,4-7H2. The van der Waals surface area contributed by atoms with Crippen LogP contribution in [-0.2, 0) is 4.79 Å². The average Bonchev–Trinajstić information content (AvgIpc) is 2.24. The molecule has 0 unspecified atom stereocenters. The van der Waals surface area contributed by atoms with Crippen LogP contribution < -0.4 is 4.90 Å². The van der Waals surface area contributed by atoms with Gasteiger partial charge in [-0.15, -0.1) is 0 Å². The second-order valence-electron chi connectivity index (χ2n) is 3.60.